The fraction of sp³-hybridized carbons (Fsp3) is 0.500. The minimum atomic E-state index is -0.518. The molecule has 2 amide bonds. The van der Waals surface area contributed by atoms with Gasteiger partial charge in [-0.2, -0.15) is 5.26 Å². The van der Waals surface area contributed by atoms with Gasteiger partial charge in [-0.15, -0.1) is 34.0 Å². The Morgan fingerprint density at radius 3 is 1.83 bits per heavy atom. The molecular formula is C44H56N6O5S3. The van der Waals surface area contributed by atoms with Crippen LogP contribution in [-0.2, 0) is 27.1 Å². The van der Waals surface area contributed by atoms with Crippen molar-refractivity contribution >= 4 is 77.4 Å². The van der Waals surface area contributed by atoms with E-state index in [9.17, 15) is 14.4 Å². The monoisotopic (exact) mass is 844 g/mol. The Morgan fingerprint density at radius 2 is 1.29 bits per heavy atom. The molecule has 0 spiro atoms. The number of piperidine rings is 1. The number of nitriles is 1. The molecule has 5 aromatic rings. The van der Waals surface area contributed by atoms with E-state index in [4.69, 9.17) is 25.5 Å². The third-order valence-corrected chi connectivity index (χ3v) is 12.9. The lowest BCUT2D eigenvalue weighted by molar-refractivity contribution is -0.124. The molecule has 4 unspecified atom stereocenters. The van der Waals surface area contributed by atoms with Crippen molar-refractivity contribution < 1.29 is 23.9 Å². The average Bonchev–Trinajstić information content (AvgIpc) is 3.77. The molecule has 2 aromatic carbocycles. The fourth-order valence-corrected chi connectivity index (χ4v) is 10.4. The van der Waals surface area contributed by atoms with E-state index in [1.54, 1.807) is 38.9 Å². The van der Waals surface area contributed by atoms with Crippen LogP contribution in [-0.4, -0.2) is 67.1 Å². The van der Waals surface area contributed by atoms with E-state index in [1.807, 2.05) is 73.3 Å². The number of aromatic nitrogens is 2. The number of rotatable bonds is 2. The molecule has 11 nitrogen and oxygen atoms in total. The summed E-state index contributed by atoms with van der Waals surface area (Å²) in [6.45, 7) is 23.2. The van der Waals surface area contributed by atoms with Gasteiger partial charge in [-0.3, -0.25) is 9.69 Å². The third kappa shape index (κ3) is 10.7. The number of nitrogens with two attached hydrogens (primary N) is 1. The fourth-order valence-electron chi connectivity index (χ4n) is 7.25. The Morgan fingerprint density at radius 1 is 0.793 bits per heavy atom. The lowest BCUT2D eigenvalue weighted by atomic mass is 9.93. The summed E-state index contributed by atoms with van der Waals surface area (Å²) in [6.07, 6.45) is 1.44. The number of aryl methyl sites for hydroxylation is 2. The van der Waals surface area contributed by atoms with Gasteiger partial charge in [0.05, 0.1) is 44.0 Å². The van der Waals surface area contributed by atoms with Crippen LogP contribution >= 0.6 is 34.0 Å². The Kier molecular flexibility index (Phi) is 13.6. The summed E-state index contributed by atoms with van der Waals surface area (Å²) in [5.41, 5.74) is 12.2. The summed E-state index contributed by atoms with van der Waals surface area (Å²) in [7, 11) is 0. The van der Waals surface area contributed by atoms with Gasteiger partial charge in [0.15, 0.2) is 0 Å². The van der Waals surface area contributed by atoms with Gasteiger partial charge in [-0.1, -0.05) is 12.1 Å². The second kappa shape index (κ2) is 17.7. The van der Waals surface area contributed by atoms with Crippen LogP contribution in [0.2, 0.25) is 0 Å². The molecule has 0 radical (unpaired) electrons. The number of thiazole rings is 2. The zero-order chi connectivity index (χ0) is 42.9. The molecule has 58 heavy (non-hydrogen) atoms. The number of likely N-dealkylation sites (tertiary alicyclic amines) is 1. The number of carbonyl (C=O) groups is 3. The number of Topliss-reactive ketones (excluding diaryl/α,β-unsaturated/α-hetero) is 1. The maximum atomic E-state index is 12.8. The molecule has 2 aliphatic heterocycles. The second-order valence-corrected chi connectivity index (χ2v) is 20.5. The number of hydrogen-bond acceptors (Lipinski definition) is 12. The van der Waals surface area contributed by atoms with Gasteiger partial charge in [0.2, 0.25) is 0 Å². The number of anilines is 1. The lowest BCUT2D eigenvalue weighted by Gasteiger charge is -2.39. The quantitative estimate of drug-likeness (QED) is 0.183. The number of nitrogens with zero attached hydrogens (tertiary/aromatic N) is 5. The highest BCUT2D eigenvalue weighted by atomic mass is 32.1. The van der Waals surface area contributed by atoms with Crippen molar-refractivity contribution in [2.75, 3.05) is 5.73 Å². The maximum absolute atomic E-state index is 12.8. The largest absolute Gasteiger partial charge is 0.444 e. The van der Waals surface area contributed by atoms with Gasteiger partial charge in [0, 0.05) is 41.4 Å². The number of thiophene rings is 1. The number of ketones is 1. The minimum Gasteiger partial charge on any atom is -0.444 e. The van der Waals surface area contributed by atoms with Crippen LogP contribution in [0.15, 0.2) is 36.4 Å². The highest BCUT2D eigenvalue weighted by Crippen LogP contribution is 2.48. The highest BCUT2D eigenvalue weighted by molar-refractivity contribution is 7.22. The second-order valence-electron chi connectivity index (χ2n) is 17.2. The molecule has 310 valence electrons. The standard InChI is InChI=1S/C22H27N3O2S2.C12H21NO3.C10H8N2S/c1-11-7-8-16-15(9-11)24-20(28-16)17-14-10-12(2)25(21(26)27-22(4,5)6)13(3)18(14)29-19(17)23;1-8-6-10(14)7-9(2)13(8)11(15)16-12(3,4)5;1-7-2-3-9-8(6-7)12-10(13-9)4-5-11/h7-9,12-13H,10,23H2,1-6H3;8-9H,6-7H2,1-5H3;2-3,6H,4H2,1H3. The molecule has 5 heterocycles. The molecule has 3 aromatic heterocycles. The van der Waals surface area contributed by atoms with Crippen molar-refractivity contribution in [3.63, 3.8) is 0 Å². The van der Waals surface area contributed by atoms with E-state index in [-0.39, 0.29) is 42.1 Å². The predicted molar refractivity (Wildman–Crippen MR) is 237 cm³/mol. The minimum absolute atomic E-state index is 0.0247. The van der Waals surface area contributed by atoms with Crippen molar-refractivity contribution in [3.8, 4) is 16.6 Å². The van der Waals surface area contributed by atoms with Gasteiger partial charge < -0.3 is 20.1 Å². The normalized spacial score (nSPS) is 19.4. The van der Waals surface area contributed by atoms with E-state index in [0.717, 1.165) is 52.3 Å². The SMILES string of the molecule is CC1CC(=O)CC(C)N1C(=O)OC(C)(C)C.Cc1ccc2sc(-c3c(N)sc4c3CC(C)N(C(=O)OC(C)(C)C)C4C)nc2c1.Cc1ccc2sc(CC#N)nc2c1. The zero-order valence-corrected chi connectivity index (χ0v) is 38.1. The van der Waals surface area contributed by atoms with Crippen molar-refractivity contribution in [2.45, 2.75) is 144 Å². The molecule has 14 heteroatoms. The first kappa shape index (κ1) is 44.5. The van der Waals surface area contributed by atoms with Gasteiger partial charge in [-0.05, 0) is 130 Å². The molecule has 0 bridgehead atoms. The van der Waals surface area contributed by atoms with Gasteiger partial charge in [-0.25, -0.2) is 19.6 Å². The molecule has 1 fully saturated rings. The molecule has 0 saturated carbocycles. The van der Waals surface area contributed by atoms with Crippen LogP contribution < -0.4 is 5.73 Å². The Labute approximate surface area is 354 Å². The van der Waals surface area contributed by atoms with Crippen LogP contribution in [0.3, 0.4) is 0 Å². The smallest absolute Gasteiger partial charge is 0.411 e. The number of hydrogen-bond donors (Lipinski definition) is 1. The van der Waals surface area contributed by atoms with Crippen LogP contribution in [0.25, 0.3) is 31.0 Å². The maximum Gasteiger partial charge on any atom is 0.411 e. The third-order valence-electron chi connectivity index (χ3n) is 9.62. The summed E-state index contributed by atoms with van der Waals surface area (Å²) in [4.78, 5) is 50.0. The van der Waals surface area contributed by atoms with E-state index in [1.165, 1.54) is 16.7 Å². The lowest BCUT2D eigenvalue weighted by Crippen LogP contribution is -2.51. The van der Waals surface area contributed by atoms with Gasteiger partial charge >= 0.3 is 12.2 Å². The first-order chi connectivity index (χ1) is 27.0. The van der Waals surface area contributed by atoms with Crippen molar-refractivity contribution in [3.05, 3.63) is 63.0 Å². The predicted octanol–water partition coefficient (Wildman–Crippen LogP) is 11.2. The molecule has 2 aliphatic rings. The van der Waals surface area contributed by atoms with Gasteiger partial charge in [0.1, 0.15) is 27.0 Å². The molecule has 2 N–H and O–H groups in total. The summed E-state index contributed by atoms with van der Waals surface area (Å²) < 4.78 is 13.3. The first-order valence-electron chi connectivity index (χ1n) is 19.6. The number of ether oxygens (including phenoxy) is 2. The van der Waals surface area contributed by atoms with Crippen molar-refractivity contribution in [1.29, 1.82) is 5.26 Å². The molecular weight excluding hydrogens is 789 g/mol. The van der Waals surface area contributed by atoms with Crippen molar-refractivity contribution in [2.24, 2.45) is 0 Å². The molecule has 1 saturated heterocycles. The van der Waals surface area contributed by atoms with Crippen molar-refractivity contribution in [1.82, 2.24) is 19.8 Å². The first-order valence-corrected chi connectivity index (χ1v) is 22.1. The highest BCUT2D eigenvalue weighted by Gasteiger charge is 2.39. The summed E-state index contributed by atoms with van der Waals surface area (Å²) >= 11 is 4.84. The molecule has 7 rings (SSSR count). The summed E-state index contributed by atoms with van der Waals surface area (Å²) in [5, 5.41) is 11.2. The summed E-state index contributed by atoms with van der Waals surface area (Å²) in [6, 6.07) is 14.4. The number of nitrogen functional groups attached to an aromatic ring is 1. The number of fused-ring (bicyclic) bond motifs is 3. The van der Waals surface area contributed by atoms with E-state index >= 15 is 0 Å². The zero-order valence-electron chi connectivity index (χ0n) is 35.7. The Bertz CT molecular complexity index is 2330. The van der Waals surface area contributed by atoms with Crippen LogP contribution in [0.5, 0.6) is 0 Å². The van der Waals surface area contributed by atoms with E-state index in [2.05, 4.69) is 62.2 Å². The molecule has 0 aliphatic carbocycles. The topological polar surface area (TPSA) is 152 Å². The number of benzene rings is 2. The van der Waals surface area contributed by atoms with E-state index in [0.29, 0.717) is 19.3 Å². The molecule has 4 atom stereocenters. The van der Waals surface area contributed by atoms with Crippen LogP contribution in [0.4, 0.5) is 14.6 Å². The number of amides is 2. The Hall–Kier alpha value is -4.58. The summed E-state index contributed by atoms with van der Waals surface area (Å²) in [5.74, 6) is 0.222. The van der Waals surface area contributed by atoms with Crippen LogP contribution in [0, 0.1) is 25.2 Å². The van der Waals surface area contributed by atoms with E-state index < -0.39 is 11.2 Å². The van der Waals surface area contributed by atoms with Crippen LogP contribution in [0.1, 0.15) is 115 Å². The van der Waals surface area contributed by atoms with Gasteiger partial charge in [0.25, 0.3) is 0 Å². The average molecular weight is 845 g/mol. The number of carbonyl (C=O) groups excluding carboxylic acids is 3. The Balaban J connectivity index is 0.000000186.